The number of aliphatic hydroxyl groups excluding tert-OH is 1. The Morgan fingerprint density at radius 3 is 1.08 bits per heavy atom. The van der Waals surface area contributed by atoms with Crippen LogP contribution in [-0.2, 0) is 9.53 Å². The summed E-state index contributed by atoms with van der Waals surface area (Å²) < 4.78 is 4.88. The van der Waals surface area contributed by atoms with Crippen LogP contribution in [0.25, 0.3) is 0 Å². The minimum Gasteiger partial charge on any atom is -1.00 e. The van der Waals surface area contributed by atoms with Crippen molar-refractivity contribution in [2.75, 3.05) is 13.2 Å². The van der Waals surface area contributed by atoms with Crippen LogP contribution in [-0.4, -0.2) is 41.7 Å². The van der Waals surface area contributed by atoms with Crippen LogP contribution >= 0.6 is 0 Å². The van der Waals surface area contributed by atoms with Crippen molar-refractivity contribution >= 4 is 23.3 Å². The van der Waals surface area contributed by atoms with Gasteiger partial charge in [0.15, 0.2) is 17.4 Å². The van der Waals surface area contributed by atoms with Crippen molar-refractivity contribution < 1.29 is 34.9 Å². The number of hydrogen-bond acceptors (Lipinski definition) is 3. The zero-order chi connectivity index (χ0) is 33.2. The number of hydrogen-bond donors (Lipinski definition) is 1. The molecule has 268 valence electrons. The number of ether oxygens (including phenoxy) is 1. The van der Waals surface area contributed by atoms with E-state index >= 15 is 0 Å². The summed E-state index contributed by atoms with van der Waals surface area (Å²) in [6, 6.07) is 0. The zero-order valence-corrected chi connectivity index (χ0v) is 30.0. The zero-order valence-electron chi connectivity index (χ0n) is 31.0. The molecule has 0 rings (SSSR count). The Morgan fingerprint density at radius 2 is 0.792 bits per heavy atom. The molecule has 0 fully saturated rings. The second-order valence-corrected chi connectivity index (χ2v) is 10.3. The quantitative estimate of drug-likeness (QED) is 0.0410. The molecule has 0 heterocycles. The fourth-order valence-corrected chi connectivity index (χ4v) is 3.71. The molecule has 0 aromatic rings. The summed E-state index contributed by atoms with van der Waals surface area (Å²) >= 11 is 0. The van der Waals surface area contributed by atoms with Gasteiger partial charge < -0.3 is 11.3 Å². The SMILES string of the molecule is C.CC/C=C\C/C=C\C/C=C\C/C=C\C/C=C\CCCC(=O)OCC.CC/C=C\C/C=C\C/C=C\C/C=C\C/C=C\CCCCO.[AlH3].[H-].[Li+]. The first-order valence-corrected chi connectivity index (χ1v) is 17.5. The minimum absolute atomic E-state index is 0. The van der Waals surface area contributed by atoms with Gasteiger partial charge in [0, 0.05) is 13.0 Å². The Balaban J connectivity index is -0.000000176. The third-order valence-electron chi connectivity index (χ3n) is 6.15. The van der Waals surface area contributed by atoms with E-state index in [-0.39, 0.29) is 51.0 Å². The topological polar surface area (TPSA) is 46.5 Å². The van der Waals surface area contributed by atoms with Crippen molar-refractivity contribution in [3.05, 3.63) is 122 Å². The van der Waals surface area contributed by atoms with E-state index in [0.29, 0.717) is 19.6 Å². The molecule has 0 amide bonds. The molecule has 0 radical (unpaired) electrons. The van der Waals surface area contributed by atoms with Gasteiger partial charge in [-0.1, -0.05) is 143 Å². The molecule has 48 heavy (non-hydrogen) atoms. The molecule has 0 aliphatic rings. The molecule has 0 unspecified atom stereocenters. The van der Waals surface area contributed by atoms with Crippen LogP contribution in [0.3, 0.4) is 0 Å². The summed E-state index contributed by atoms with van der Waals surface area (Å²) in [6.07, 6.45) is 59.7. The van der Waals surface area contributed by atoms with Gasteiger partial charge in [0.1, 0.15) is 0 Å². The van der Waals surface area contributed by atoms with E-state index in [1.165, 1.54) is 0 Å². The number of unbranched alkanes of at least 4 members (excludes halogenated alkanes) is 3. The molecule has 1 N–H and O–H groups in total. The molecule has 3 nitrogen and oxygen atoms in total. The molecule has 0 aliphatic carbocycles. The van der Waals surface area contributed by atoms with Gasteiger partial charge in [-0.05, 0) is 103 Å². The normalized spacial score (nSPS) is 12.0. The Labute approximate surface area is 322 Å². The van der Waals surface area contributed by atoms with Crippen LogP contribution < -0.4 is 18.9 Å². The summed E-state index contributed by atoms with van der Waals surface area (Å²) in [4.78, 5) is 11.1. The van der Waals surface area contributed by atoms with Gasteiger partial charge in [-0.2, -0.15) is 0 Å². The fraction of sp³-hybridized carbons (Fsp3) is 0.512. The fourth-order valence-electron chi connectivity index (χ4n) is 3.71. The Hall–Kier alpha value is -2.04. The van der Waals surface area contributed by atoms with E-state index in [0.717, 1.165) is 96.3 Å². The van der Waals surface area contributed by atoms with Crippen LogP contribution in [0.4, 0.5) is 0 Å². The number of carbonyl (C=O) groups is 1. The summed E-state index contributed by atoms with van der Waals surface area (Å²) in [5.41, 5.74) is 0. The first kappa shape index (κ1) is 55.4. The van der Waals surface area contributed by atoms with Crippen molar-refractivity contribution in [2.24, 2.45) is 0 Å². The van der Waals surface area contributed by atoms with E-state index in [1.807, 2.05) is 6.92 Å². The van der Waals surface area contributed by atoms with Gasteiger partial charge in [-0.15, -0.1) is 0 Å². The average Bonchev–Trinajstić information content (AvgIpc) is 3.04. The maximum Gasteiger partial charge on any atom is 1.00 e. The number of allylic oxidation sites excluding steroid dienone is 20. The van der Waals surface area contributed by atoms with Gasteiger partial charge in [-0.25, -0.2) is 0 Å². The maximum absolute atomic E-state index is 11.1. The first-order valence-electron chi connectivity index (χ1n) is 17.5. The van der Waals surface area contributed by atoms with Crippen LogP contribution in [0.15, 0.2) is 122 Å². The van der Waals surface area contributed by atoms with E-state index in [9.17, 15) is 4.79 Å². The van der Waals surface area contributed by atoms with Crippen LogP contribution in [0.5, 0.6) is 0 Å². The second kappa shape index (κ2) is 54.4. The molecule has 0 aliphatic heterocycles. The van der Waals surface area contributed by atoms with Crippen LogP contribution in [0.2, 0.25) is 0 Å². The molecule has 0 aromatic heterocycles. The number of rotatable bonds is 27. The first-order chi connectivity index (χ1) is 22.2. The van der Waals surface area contributed by atoms with Gasteiger partial charge in [0.25, 0.3) is 0 Å². The van der Waals surface area contributed by atoms with Gasteiger partial charge in [-0.3, -0.25) is 4.79 Å². The maximum atomic E-state index is 11.1. The van der Waals surface area contributed by atoms with Crippen molar-refractivity contribution in [1.29, 1.82) is 0 Å². The van der Waals surface area contributed by atoms with Crippen molar-refractivity contribution in [3.63, 3.8) is 0 Å². The molecular formula is C43H74AlLiO3. The number of carbonyl (C=O) groups excluding carboxylic acids is 1. The van der Waals surface area contributed by atoms with E-state index in [2.05, 4.69) is 135 Å². The van der Waals surface area contributed by atoms with E-state index in [4.69, 9.17) is 9.84 Å². The summed E-state index contributed by atoms with van der Waals surface area (Å²) in [6.45, 7) is 6.93. The molecule has 5 heteroatoms. The van der Waals surface area contributed by atoms with Crippen molar-refractivity contribution in [2.45, 2.75) is 131 Å². The van der Waals surface area contributed by atoms with Gasteiger partial charge in [0.2, 0.25) is 0 Å². The van der Waals surface area contributed by atoms with Gasteiger partial charge >= 0.3 is 24.8 Å². The van der Waals surface area contributed by atoms with Crippen LogP contribution in [0.1, 0.15) is 132 Å². The molecule has 0 saturated heterocycles. The Kier molecular flexibility index (Phi) is 62.8. The third-order valence-corrected chi connectivity index (χ3v) is 6.15. The second-order valence-electron chi connectivity index (χ2n) is 10.3. The summed E-state index contributed by atoms with van der Waals surface area (Å²) in [5.74, 6) is -0.0927. The predicted molar refractivity (Wildman–Crippen MR) is 218 cm³/mol. The van der Waals surface area contributed by atoms with E-state index in [1.54, 1.807) is 0 Å². The number of esters is 1. The van der Waals surface area contributed by atoms with Crippen molar-refractivity contribution in [1.82, 2.24) is 0 Å². The number of aliphatic hydroxyl groups is 1. The smallest absolute Gasteiger partial charge is 1.00 e. The molecule has 0 atom stereocenters. The van der Waals surface area contributed by atoms with Crippen LogP contribution in [0, 0.1) is 0 Å². The average molecular weight is 673 g/mol. The largest absolute Gasteiger partial charge is 1.00 e. The standard InChI is InChI=1S/C22H34O2.C20H32O.CH4.Al.Li.4H/c1-3-5-6-7-8-9-10-11-12-13-14-15-16-17-18-19-20-21-22(23)24-4-2;1-2-3-4-5-6-7-8-9-10-11-12-13-14-15-16-17-18-19-20-21;;;;;;;/h5-6,8-9,11-12,14-15,17-18H,3-4,7,10,13,16,19-21H2,1-2H3;3-4,6-7,9-10,12-13,15-16,21H,2,5,8,11,14,17-20H2,1H3;1H4;;;;;;/q;;;;+1;;;;-1/b6-5-,9-8-,12-11-,15-14-,18-17-;4-3-,7-6-,10-9-,13-12-,16-15-;;;;;;;. The van der Waals surface area contributed by atoms with Gasteiger partial charge in [0.05, 0.1) is 6.61 Å². The summed E-state index contributed by atoms with van der Waals surface area (Å²) in [7, 11) is 0. The summed E-state index contributed by atoms with van der Waals surface area (Å²) in [5, 5.41) is 8.64. The monoisotopic (exact) mass is 673 g/mol. The Morgan fingerprint density at radius 1 is 0.500 bits per heavy atom. The van der Waals surface area contributed by atoms with Crippen molar-refractivity contribution in [3.8, 4) is 0 Å². The third kappa shape index (κ3) is 56.3. The molecule has 0 spiro atoms. The molecular weight excluding hydrogens is 598 g/mol. The Bertz CT molecular complexity index is 927. The molecule has 0 bridgehead atoms. The minimum atomic E-state index is -0.0927. The molecule has 0 saturated carbocycles. The predicted octanol–water partition coefficient (Wildman–Crippen LogP) is 8.94. The molecule has 0 aromatic carbocycles. The van der Waals surface area contributed by atoms with E-state index < -0.39 is 0 Å².